The Hall–Kier alpha value is -3.65. The van der Waals surface area contributed by atoms with Crippen molar-refractivity contribution in [3.8, 4) is 11.1 Å². The zero-order valence-corrected chi connectivity index (χ0v) is 16.3. The monoisotopic (exact) mass is 428 g/mol. The number of primary amides is 1. The van der Waals surface area contributed by atoms with Gasteiger partial charge < -0.3 is 5.73 Å². The van der Waals surface area contributed by atoms with Gasteiger partial charge in [0.15, 0.2) is 0 Å². The minimum Gasteiger partial charge on any atom is -0.366 e. The largest absolute Gasteiger partial charge is 0.416 e. The van der Waals surface area contributed by atoms with Crippen molar-refractivity contribution in [2.45, 2.75) is 12.6 Å². The van der Waals surface area contributed by atoms with E-state index in [9.17, 15) is 28.0 Å². The first kappa shape index (κ1) is 22.0. The molecule has 3 aromatic carbocycles. The molecule has 0 aliphatic heterocycles. The highest BCUT2D eigenvalue weighted by molar-refractivity contribution is 5.95. The maximum absolute atomic E-state index is 12.8. The van der Waals surface area contributed by atoms with Gasteiger partial charge in [-0.05, 0) is 53.4 Å². The van der Waals surface area contributed by atoms with Crippen LogP contribution in [0, 0.1) is 0 Å². The molecule has 8 heteroatoms. The molecule has 2 amide bonds. The quantitative estimate of drug-likeness (QED) is 0.447. The maximum atomic E-state index is 12.8. The van der Waals surface area contributed by atoms with E-state index in [0.29, 0.717) is 21.8 Å². The van der Waals surface area contributed by atoms with E-state index >= 15 is 0 Å². The van der Waals surface area contributed by atoms with Crippen LogP contribution >= 0.6 is 0 Å². The van der Waals surface area contributed by atoms with E-state index in [2.05, 4.69) is 0 Å². The highest BCUT2D eigenvalue weighted by atomic mass is 19.4. The highest BCUT2D eigenvalue weighted by Crippen LogP contribution is 2.29. The van der Waals surface area contributed by atoms with Crippen LogP contribution in [0.5, 0.6) is 0 Å². The number of carbonyl (C=O) groups excluding carboxylic acids is 2. The van der Waals surface area contributed by atoms with Gasteiger partial charge in [0, 0.05) is 11.1 Å². The van der Waals surface area contributed by atoms with Crippen LogP contribution in [0.3, 0.4) is 0 Å². The van der Waals surface area contributed by atoms with E-state index in [0.717, 1.165) is 17.7 Å². The summed E-state index contributed by atoms with van der Waals surface area (Å²) in [6.07, 6.45) is -4.40. The number of alkyl halides is 3. The maximum Gasteiger partial charge on any atom is 0.416 e. The summed E-state index contributed by atoms with van der Waals surface area (Å²) >= 11 is 0. The molecule has 0 fully saturated rings. The predicted octanol–water partition coefficient (Wildman–Crippen LogP) is 4.55. The molecule has 0 saturated carbocycles. The number of hydrogen-bond acceptors (Lipinski definition) is 3. The molecule has 0 heterocycles. The number of hydroxylamine groups is 2. The lowest BCUT2D eigenvalue weighted by Gasteiger charge is -2.16. The summed E-state index contributed by atoms with van der Waals surface area (Å²) < 4.78 is 38.5. The van der Waals surface area contributed by atoms with E-state index in [-0.39, 0.29) is 18.5 Å². The summed E-state index contributed by atoms with van der Waals surface area (Å²) in [4.78, 5) is 23.7. The predicted molar refractivity (Wildman–Crippen MR) is 108 cm³/mol. The first-order valence-corrected chi connectivity index (χ1v) is 9.32. The summed E-state index contributed by atoms with van der Waals surface area (Å²) in [5.74, 6) is -1.23. The van der Waals surface area contributed by atoms with Crippen LogP contribution in [0.15, 0.2) is 72.8 Å². The van der Waals surface area contributed by atoms with Crippen molar-refractivity contribution >= 4 is 11.8 Å². The van der Waals surface area contributed by atoms with Crippen LogP contribution in [0.25, 0.3) is 11.1 Å². The van der Waals surface area contributed by atoms with Gasteiger partial charge >= 0.3 is 6.18 Å². The van der Waals surface area contributed by atoms with Gasteiger partial charge in [0.2, 0.25) is 5.91 Å². The first-order chi connectivity index (χ1) is 14.6. The van der Waals surface area contributed by atoms with Crippen molar-refractivity contribution in [2.24, 2.45) is 5.73 Å². The minimum atomic E-state index is -4.46. The van der Waals surface area contributed by atoms with Crippen LogP contribution in [-0.4, -0.2) is 28.6 Å². The fourth-order valence-electron chi connectivity index (χ4n) is 3.05. The second-order valence-corrected chi connectivity index (χ2v) is 6.90. The number of nitrogens with two attached hydrogens (primary N) is 1. The summed E-state index contributed by atoms with van der Waals surface area (Å²) in [6, 6.07) is 17.8. The molecular weight excluding hydrogens is 409 g/mol. The summed E-state index contributed by atoms with van der Waals surface area (Å²) in [7, 11) is 0. The molecule has 0 aromatic heterocycles. The lowest BCUT2D eigenvalue weighted by molar-refractivity contribution is -0.137. The number of benzene rings is 3. The highest BCUT2D eigenvalue weighted by Gasteiger charge is 2.30. The van der Waals surface area contributed by atoms with Crippen LogP contribution in [0.4, 0.5) is 13.2 Å². The average Bonchev–Trinajstić information content (AvgIpc) is 2.76. The second kappa shape index (κ2) is 9.01. The number of amides is 2. The molecule has 0 aliphatic rings. The summed E-state index contributed by atoms with van der Waals surface area (Å²) in [5, 5.41) is 10.6. The molecule has 3 rings (SSSR count). The zero-order chi connectivity index (χ0) is 22.6. The average molecular weight is 428 g/mol. The fraction of sp³-hybridized carbons (Fsp3) is 0.130. The molecule has 160 valence electrons. The van der Waals surface area contributed by atoms with Gasteiger partial charge in [0.25, 0.3) is 5.91 Å². The van der Waals surface area contributed by atoms with Crippen LogP contribution < -0.4 is 5.73 Å². The lowest BCUT2D eigenvalue weighted by Crippen LogP contribution is -2.29. The topological polar surface area (TPSA) is 83.6 Å². The van der Waals surface area contributed by atoms with Crippen molar-refractivity contribution in [2.75, 3.05) is 6.54 Å². The lowest BCUT2D eigenvalue weighted by atomic mass is 10.0. The summed E-state index contributed by atoms with van der Waals surface area (Å²) in [5.41, 5.74) is 6.79. The first-order valence-electron chi connectivity index (χ1n) is 9.32. The van der Waals surface area contributed by atoms with Crippen molar-refractivity contribution in [3.63, 3.8) is 0 Å². The van der Waals surface area contributed by atoms with E-state index in [4.69, 9.17) is 5.73 Å². The molecule has 0 spiro atoms. The van der Waals surface area contributed by atoms with Gasteiger partial charge in [-0.2, -0.15) is 13.2 Å². The van der Waals surface area contributed by atoms with Gasteiger partial charge in [0.1, 0.15) is 0 Å². The number of halogens is 3. The minimum absolute atomic E-state index is 0.0560. The number of rotatable bonds is 6. The van der Waals surface area contributed by atoms with E-state index < -0.39 is 23.6 Å². The van der Waals surface area contributed by atoms with Crippen molar-refractivity contribution in [1.29, 1.82) is 0 Å². The number of nitrogens with zero attached hydrogens (tertiary/aromatic N) is 1. The Balaban J connectivity index is 1.70. The molecule has 0 atom stereocenters. The van der Waals surface area contributed by atoms with Crippen LogP contribution in [-0.2, 0) is 12.6 Å². The van der Waals surface area contributed by atoms with Gasteiger partial charge in [-0.1, -0.05) is 42.5 Å². The molecule has 3 N–H and O–H groups in total. The molecule has 0 radical (unpaired) electrons. The Bertz CT molecular complexity index is 1100. The van der Waals surface area contributed by atoms with Crippen molar-refractivity contribution in [1.82, 2.24) is 5.06 Å². The summed E-state index contributed by atoms with van der Waals surface area (Å²) in [6.45, 7) is -0.169. The van der Waals surface area contributed by atoms with Crippen molar-refractivity contribution in [3.05, 3.63) is 95.1 Å². The normalized spacial score (nSPS) is 11.2. The Morgan fingerprint density at radius 3 is 2.19 bits per heavy atom. The zero-order valence-electron chi connectivity index (χ0n) is 16.3. The Morgan fingerprint density at radius 2 is 1.55 bits per heavy atom. The Labute approximate surface area is 176 Å². The van der Waals surface area contributed by atoms with Gasteiger partial charge in [-0.15, -0.1) is 0 Å². The number of hydrogen-bond donors (Lipinski definition) is 2. The van der Waals surface area contributed by atoms with Crippen LogP contribution in [0.2, 0.25) is 0 Å². The fourth-order valence-corrected chi connectivity index (χ4v) is 3.05. The van der Waals surface area contributed by atoms with Crippen molar-refractivity contribution < 1.29 is 28.0 Å². The molecular formula is C23H19F3N2O3. The van der Waals surface area contributed by atoms with Gasteiger partial charge in [0.05, 0.1) is 12.1 Å². The molecule has 0 aliphatic carbocycles. The van der Waals surface area contributed by atoms with E-state index in [1.165, 1.54) is 18.2 Å². The molecule has 31 heavy (non-hydrogen) atoms. The van der Waals surface area contributed by atoms with E-state index in [1.54, 1.807) is 42.5 Å². The van der Waals surface area contributed by atoms with Crippen LogP contribution in [0.1, 0.15) is 31.8 Å². The molecule has 0 unspecified atom stereocenters. The Kier molecular flexibility index (Phi) is 6.41. The van der Waals surface area contributed by atoms with E-state index in [1.807, 2.05) is 0 Å². The number of carbonyl (C=O) groups is 2. The third-order valence-corrected chi connectivity index (χ3v) is 4.71. The third-order valence-electron chi connectivity index (χ3n) is 4.71. The second-order valence-electron chi connectivity index (χ2n) is 6.90. The molecule has 0 bridgehead atoms. The SMILES string of the molecule is NC(=O)c1ccc(-c2cccc(C(=O)N(O)CCc3cccc(C(F)(F)F)c3)c2)cc1. The molecule has 3 aromatic rings. The third kappa shape index (κ3) is 5.49. The smallest absolute Gasteiger partial charge is 0.366 e. The standard InChI is InChI=1S/C23H19F3N2O3/c24-23(25,26)20-6-1-3-15(13-20)11-12-28(31)22(30)19-5-2-4-18(14-19)16-7-9-17(10-8-16)21(27)29/h1-10,13-14,31H,11-12H2,(H2,27,29). The van der Waals surface area contributed by atoms with Gasteiger partial charge in [-0.3, -0.25) is 14.8 Å². The molecule has 0 saturated heterocycles. The Morgan fingerprint density at radius 1 is 0.871 bits per heavy atom. The van der Waals surface area contributed by atoms with Gasteiger partial charge in [-0.25, -0.2) is 5.06 Å². The molecule has 5 nitrogen and oxygen atoms in total.